The Morgan fingerprint density at radius 1 is 1.33 bits per heavy atom. The zero-order chi connectivity index (χ0) is 14.6. The molecule has 0 aromatic carbocycles. The minimum atomic E-state index is -0.385. The van der Waals surface area contributed by atoms with Crippen molar-refractivity contribution in [3.05, 3.63) is 46.7 Å². The molecule has 0 radical (unpaired) electrons. The van der Waals surface area contributed by atoms with Gasteiger partial charge in [-0.25, -0.2) is 0 Å². The molecule has 1 amide bonds. The molecule has 1 heterocycles. The van der Waals surface area contributed by atoms with E-state index in [4.69, 9.17) is 5.73 Å². The van der Waals surface area contributed by atoms with Crippen LogP contribution in [-0.4, -0.2) is 5.91 Å². The largest absolute Gasteiger partial charge is 0.365 e. The zero-order valence-corrected chi connectivity index (χ0v) is 12.5. The van der Waals surface area contributed by atoms with Gasteiger partial charge in [0.2, 0.25) is 0 Å². The molecule has 0 aliphatic heterocycles. The summed E-state index contributed by atoms with van der Waals surface area (Å²) in [5.41, 5.74) is 6.16. The quantitative estimate of drug-likeness (QED) is 0.788. The number of nitrogens with two attached hydrogens (primary N) is 1. The van der Waals surface area contributed by atoms with Crippen molar-refractivity contribution in [2.45, 2.75) is 27.7 Å². The van der Waals surface area contributed by atoms with Gasteiger partial charge in [-0.05, 0) is 25.5 Å². The van der Waals surface area contributed by atoms with E-state index in [0.29, 0.717) is 4.88 Å². The van der Waals surface area contributed by atoms with Gasteiger partial charge in [-0.1, -0.05) is 44.7 Å². The molecule has 1 rings (SSSR count). The second kappa shape index (κ2) is 11.9. The van der Waals surface area contributed by atoms with E-state index in [9.17, 15) is 4.79 Å². The van der Waals surface area contributed by atoms with Crippen molar-refractivity contribution in [3.8, 4) is 0 Å². The zero-order valence-electron chi connectivity index (χ0n) is 11.7. The van der Waals surface area contributed by atoms with Crippen molar-refractivity contribution in [1.29, 1.82) is 0 Å². The Morgan fingerprint density at radius 2 is 1.83 bits per heavy atom. The first kappa shape index (κ1) is 18.7. The number of hydrogen-bond acceptors (Lipinski definition) is 2. The maximum atomic E-state index is 10.9. The third kappa shape index (κ3) is 6.86. The van der Waals surface area contributed by atoms with Crippen LogP contribution in [0.1, 0.15) is 47.8 Å². The Hall–Kier alpha value is -1.61. The van der Waals surface area contributed by atoms with Crippen LogP contribution in [0.3, 0.4) is 0 Å². The van der Waals surface area contributed by atoms with Crippen LogP contribution in [0.4, 0.5) is 0 Å². The summed E-state index contributed by atoms with van der Waals surface area (Å²) in [4.78, 5) is 12.4. The molecule has 0 saturated heterocycles. The van der Waals surface area contributed by atoms with Gasteiger partial charge in [0.15, 0.2) is 0 Å². The second-order valence-corrected chi connectivity index (χ2v) is 3.99. The van der Waals surface area contributed by atoms with Crippen molar-refractivity contribution >= 4 is 29.4 Å². The van der Waals surface area contributed by atoms with Crippen molar-refractivity contribution in [1.82, 2.24) is 0 Å². The SMILES string of the molecule is C=CC.C=Cc1sc(C(N)=O)cc1/C=C\C.CC. The highest BCUT2D eigenvalue weighted by molar-refractivity contribution is 7.15. The van der Waals surface area contributed by atoms with E-state index in [1.165, 1.54) is 11.3 Å². The number of hydrogen-bond donors (Lipinski definition) is 1. The lowest BCUT2D eigenvalue weighted by molar-refractivity contribution is 0.100. The Kier molecular flexibility index (Phi) is 12.4. The van der Waals surface area contributed by atoms with Crippen LogP contribution in [0, 0.1) is 0 Å². The molecule has 18 heavy (non-hydrogen) atoms. The lowest BCUT2D eigenvalue weighted by atomic mass is 10.2. The number of rotatable bonds is 3. The third-order valence-electron chi connectivity index (χ3n) is 1.57. The van der Waals surface area contributed by atoms with Gasteiger partial charge < -0.3 is 5.73 Å². The van der Waals surface area contributed by atoms with E-state index in [1.807, 2.05) is 39.8 Å². The molecule has 0 bridgehead atoms. The van der Waals surface area contributed by atoms with E-state index in [-0.39, 0.29) is 5.91 Å². The minimum Gasteiger partial charge on any atom is -0.365 e. The molecule has 100 valence electrons. The summed E-state index contributed by atoms with van der Waals surface area (Å²) in [7, 11) is 0. The molecule has 1 aromatic rings. The van der Waals surface area contributed by atoms with Gasteiger partial charge in [0.25, 0.3) is 5.91 Å². The molecule has 0 atom stereocenters. The summed E-state index contributed by atoms with van der Waals surface area (Å²) >= 11 is 1.36. The predicted octanol–water partition coefficient (Wildman–Crippen LogP) is 4.74. The molecule has 0 aliphatic carbocycles. The molecule has 0 saturated carbocycles. The average Bonchev–Trinajstić information content (AvgIpc) is 2.77. The summed E-state index contributed by atoms with van der Waals surface area (Å²) in [6.45, 7) is 14.8. The maximum Gasteiger partial charge on any atom is 0.258 e. The number of thiophene rings is 1. The summed E-state index contributed by atoms with van der Waals surface area (Å²) in [5, 5.41) is 0. The molecule has 0 aliphatic rings. The molecule has 3 heteroatoms. The minimum absolute atomic E-state index is 0.385. The summed E-state index contributed by atoms with van der Waals surface area (Å²) < 4.78 is 0. The highest BCUT2D eigenvalue weighted by Crippen LogP contribution is 2.24. The fourth-order valence-electron chi connectivity index (χ4n) is 1.01. The van der Waals surface area contributed by atoms with E-state index in [0.717, 1.165) is 10.4 Å². The van der Waals surface area contributed by atoms with Gasteiger partial charge in [-0.2, -0.15) is 0 Å². The van der Waals surface area contributed by atoms with Crippen LogP contribution in [0.2, 0.25) is 0 Å². The van der Waals surface area contributed by atoms with Gasteiger partial charge >= 0.3 is 0 Å². The summed E-state index contributed by atoms with van der Waals surface area (Å²) in [6, 6.07) is 1.78. The highest BCUT2D eigenvalue weighted by Gasteiger charge is 2.07. The number of allylic oxidation sites excluding steroid dienone is 2. The molecular formula is C15H23NOS. The molecule has 0 unspecified atom stereocenters. The molecule has 2 N–H and O–H groups in total. The Bertz CT molecular complexity index is 403. The third-order valence-corrected chi connectivity index (χ3v) is 2.73. The highest BCUT2D eigenvalue weighted by atomic mass is 32.1. The van der Waals surface area contributed by atoms with E-state index < -0.39 is 0 Å². The lowest BCUT2D eigenvalue weighted by Crippen LogP contribution is -2.08. The Morgan fingerprint density at radius 3 is 2.17 bits per heavy atom. The van der Waals surface area contributed by atoms with Crippen LogP contribution in [-0.2, 0) is 0 Å². The number of amides is 1. The smallest absolute Gasteiger partial charge is 0.258 e. The van der Waals surface area contributed by atoms with Gasteiger partial charge in [-0.3, -0.25) is 4.79 Å². The molecule has 2 nitrogen and oxygen atoms in total. The van der Waals surface area contributed by atoms with Gasteiger partial charge in [0.05, 0.1) is 4.88 Å². The van der Waals surface area contributed by atoms with Crippen LogP contribution in [0.25, 0.3) is 12.2 Å². The van der Waals surface area contributed by atoms with Gasteiger partial charge in [0.1, 0.15) is 0 Å². The Labute approximate surface area is 115 Å². The molecule has 1 aromatic heterocycles. The molecule has 0 fully saturated rings. The first-order valence-electron chi connectivity index (χ1n) is 5.86. The predicted molar refractivity (Wildman–Crippen MR) is 84.9 cm³/mol. The first-order chi connectivity index (χ1) is 8.60. The van der Waals surface area contributed by atoms with Crippen LogP contribution in [0.15, 0.2) is 31.4 Å². The summed E-state index contributed by atoms with van der Waals surface area (Å²) in [6.07, 6.45) is 7.33. The number of carbonyl (C=O) groups excluding carboxylic acids is 1. The van der Waals surface area contributed by atoms with E-state index >= 15 is 0 Å². The topological polar surface area (TPSA) is 43.1 Å². The van der Waals surface area contributed by atoms with Crippen LogP contribution < -0.4 is 5.73 Å². The Balaban J connectivity index is 0. The fourth-order valence-corrected chi connectivity index (χ4v) is 1.86. The second-order valence-electron chi connectivity index (χ2n) is 2.91. The normalized spacial score (nSPS) is 8.67. The summed E-state index contributed by atoms with van der Waals surface area (Å²) in [5.74, 6) is -0.385. The van der Waals surface area contributed by atoms with E-state index in [2.05, 4.69) is 13.2 Å². The van der Waals surface area contributed by atoms with Gasteiger partial charge in [0, 0.05) is 4.88 Å². The lowest BCUT2D eigenvalue weighted by Gasteiger charge is -1.86. The standard InChI is InChI=1S/C10H11NOS.C3H6.C2H6/c1-3-5-7-6-9(10(11)12)13-8(7)4-2;1-3-2;1-2/h3-6H,2H2,1H3,(H2,11,12);3H,1H2,2H3;1-2H3/b5-3-;;. The van der Waals surface area contributed by atoms with Crippen molar-refractivity contribution < 1.29 is 4.79 Å². The maximum absolute atomic E-state index is 10.9. The van der Waals surface area contributed by atoms with Crippen LogP contribution in [0.5, 0.6) is 0 Å². The van der Waals surface area contributed by atoms with Gasteiger partial charge in [-0.15, -0.1) is 17.9 Å². The van der Waals surface area contributed by atoms with E-state index in [1.54, 1.807) is 18.2 Å². The fraction of sp³-hybridized carbons (Fsp3) is 0.267. The molecular weight excluding hydrogens is 242 g/mol. The number of primary amides is 1. The van der Waals surface area contributed by atoms with Crippen molar-refractivity contribution in [3.63, 3.8) is 0 Å². The molecule has 0 spiro atoms. The average molecular weight is 265 g/mol. The first-order valence-corrected chi connectivity index (χ1v) is 6.68. The monoisotopic (exact) mass is 265 g/mol. The van der Waals surface area contributed by atoms with Crippen LogP contribution >= 0.6 is 11.3 Å². The van der Waals surface area contributed by atoms with Crippen molar-refractivity contribution in [2.24, 2.45) is 5.73 Å². The number of carbonyl (C=O) groups is 1. The van der Waals surface area contributed by atoms with Crippen molar-refractivity contribution in [2.75, 3.05) is 0 Å².